The van der Waals surface area contributed by atoms with Crippen LogP contribution in [0.25, 0.3) is 16.3 Å². The van der Waals surface area contributed by atoms with Gasteiger partial charge in [-0.15, -0.1) is 0 Å². The van der Waals surface area contributed by atoms with E-state index in [9.17, 15) is 9.59 Å². The second kappa shape index (κ2) is 10.7. The molecule has 1 heterocycles. The van der Waals surface area contributed by atoms with Crippen LogP contribution in [0.1, 0.15) is 42.0 Å². The molecule has 0 saturated heterocycles. The minimum Gasteiger partial charge on any atom is -0.493 e. The number of rotatable bonds is 7. The summed E-state index contributed by atoms with van der Waals surface area (Å²) < 4.78 is 11.5. The van der Waals surface area contributed by atoms with Crippen LogP contribution in [0.15, 0.2) is 90.5 Å². The van der Waals surface area contributed by atoms with E-state index in [1.54, 1.807) is 7.11 Å². The number of carbonyl (C=O) groups excluding carboxylic acids is 2. The molecule has 0 fully saturated rings. The molecular formula is C33H30N2O4. The molecule has 0 bridgehead atoms. The standard InChI is InChI=1S/C33H30N2O4/c1-38-29-18-23(15-17-28(29)39-20-30(37)34-19-21-8-3-2-4-9-21)33-32-25(12-7-13-27(32)36)31-24-11-6-5-10-22(24)14-16-26(31)35-33/h2-6,8-11,14-18,33,35H,7,12-13,19-20H2,1H3,(H,34,37)/t33-/m0/s1. The number of anilines is 1. The molecule has 0 unspecified atom stereocenters. The van der Waals surface area contributed by atoms with Gasteiger partial charge in [0.1, 0.15) is 0 Å². The zero-order chi connectivity index (χ0) is 26.8. The third-order valence-electron chi connectivity index (χ3n) is 7.49. The highest BCUT2D eigenvalue weighted by Gasteiger charge is 2.35. The molecule has 6 heteroatoms. The predicted octanol–water partition coefficient (Wildman–Crippen LogP) is 6.22. The molecule has 0 saturated carbocycles. The lowest BCUT2D eigenvalue weighted by Gasteiger charge is -2.35. The summed E-state index contributed by atoms with van der Waals surface area (Å²) >= 11 is 0. The Hall–Kier alpha value is -4.58. The second-order valence-electron chi connectivity index (χ2n) is 9.92. The van der Waals surface area contributed by atoms with Crippen LogP contribution in [0.3, 0.4) is 0 Å². The molecule has 0 spiro atoms. The van der Waals surface area contributed by atoms with E-state index >= 15 is 0 Å². The molecule has 1 aliphatic heterocycles. The summed E-state index contributed by atoms with van der Waals surface area (Å²) in [5.41, 5.74) is 6.07. The van der Waals surface area contributed by atoms with Crippen LogP contribution >= 0.6 is 0 Å². The lowest BCUT2D eigenvalue weighted by Crippen LogP contribution is -2.28. The molecule has 6 rings (SSSR count). The van der Waals surface area contributed by atoms with Crippen molar-refractivity contribution in [3.8, 4) is 11.5 Å². The molecule has 4 aromatic rings. The Labute approximate surface area is 227 Å². The molecule has 4 aromatic carbocycles. The van der Waals surface area contributed by atoms with Gasteiger partial charge in [-0.25, -0.2) is 0 Å². The summed E-state index contributed by atoms with van der Waals surface area (Å²) in [4.78, 5) is 25.7. The van der Waals surface area contributed by atoms with Crippen LogP contribution < -0.4 is 20.1 Å². The molecule has 6 nitrogen and oxygen atoms in total. The molecule has 1 aliphatic carbocycles. The van der Waals surface area contributed by atoms with Gasteiger partial charge in [0.15, 0.2) is 23.9 Å². The fraction of sp³-hybridized carbons (Fsp3) is 0.212. The van der Waals surface area contributed by atoms with Crippen LogP contribution in [0, 0.1) is 0 Å². The van der Waals surface area contributed by atoms with Gasteiger partial charge in [0.2, 0.25) is 0 Å². The quantitative estimate of drug-likeness (QED) is 0.304. The minimum atomic E-state index is -0.293. The van der Waals surface area contributed by atoms with E-state index < -0.39 is 0 Å². The Morgan fingerprint density at radius 2 is 1.77 bits per heavy atom. The third-order valence-corrected chi connectivity index (χ3v) is 7.49. The number of fused-ring (bicyclic) bond motifs is 4. The van der Waals surface area contributed by atoms with Gasteiger partial charge in [-0.1, -0.05) is 66.7 Å². The van der Waals surface area contributed by atoms with E-state index in [0.29, 0.717) is 24.5 Å². The third kappa shape index (κ3) is 4.86. The van der Waals surface area contributed by atoms with Gasteiger partial charge < -0.3 is 20.1 Å². The lowest BCUT2D eigenvalue weighted by molar-refractivity contribution is -0.123. The zero-order valence-electron chi connectivity index (χ0n) is 21.8. The molecule has 1 atom stereocenters. The minimum absolute atomic E-state index is 0.127. The molecule has 2 aliphatic rings. The first-order chi connectivity index (χ1) is 19.1. The highest BCUT2D eigenvalue weighted by Crippen LogP contribution is 2.48. The van der Waals surface area contributed by atoms with Crippen molar-refractivity contribution in [3.05, 3.63) is 107 Å². The molecule has 39 heavy (non-hydrogen) atoms. The Bertz CT molecular complexity index is 1590. The number of ketones is 1. The summed E-state index contributed by atoms with van der Waals surface area (Å²) in [5, 5.41) is 8.84. The molecule has 0 radical (unpaired) electrons. The van der Waals surface area contributed by atoms with Crippen LogP contribution in [0.5, 0.6) is 11.5 Å². The molecular weight excluding hydrogens is 488 g/mol. The van der Waals surface area contributed by atoms with Crippen LogP contribution in [0.2, 0.25) is 0 Å². The summed E-state index contributed by atoms with van der Waals surface area (Å²) in [6.45, 7) is 0.313. The van der Waals surface area contributed by atoms with E-state index in [1.807, 2.05) is 60.7 Å². The average Bonchev–Trinajstić information content (AvgIpc) is 2.98. The van der Waals surface area contributed by atoms with Gasteiger partial charge >= 0.3 is 0 Å². The first-order valence-electron chi connectivity index (χ1n) is 13.3. The van der Waals surface area contributed by atoms with Crippen molar-refractivity contribution < 1.29 is 19.1 Å². The van der Waals surface area contributed by atoms with E-state index in [4.69, 9.17) is 9.47 Å². The SMILES string of the molecule is COc1cc([C@@H]2Nc3ccc4ccccc4c3C3=C2C(=O)CCC3)ccc1OCC(=O)NCc1ccccc1. The van der Waals surface area contributed by atoms with E-state index in [0.717, 1.165) is 57.1 Å². The first-order valence-corrected chi connectivity index (χ1v) is 13.3. The Morgan fingerprint density at radius 3 is 2.62 bits per heavy atom. The number of benzene rings is 4. The van der Waals surface area contributed by atoms with Crippen LogP contribution in [-0.4, -0.2) is 25.4 Å². The fourth-order valence-electron chi connectivity index (χ4n) is 5.63. The van der Waals surface area contributed by atoms with Crippen LogP contribution in [0.4, 0.5) is 5.69 Å². The number of Topliss-reactive ketones (excluding diaryl/α,β-unsaturated/α-hetero) is 1. The number of hydrogen-bond donors (Lipinski definition) is 2. The van der Waals surface area contributed by atoms with Gasteiger partial charge in [0.25, 0.3) is 5.91 Å². The summed E-state index contributed by atoms with van der Waals surface area (Å²) in [6, 6.07) is 27.6. The van der Waals surface area contributed by atoms with Crippen molar-refractivity contribution in [2.75, 3.05) is 19.0 Å². The van der Waals surface area contributed by atoms with Gasteiger partial charge in [-0.3, -0.25) is 9.59 Å². The fourth-order valence-corrected chi connectivity index (χ4v) is 5.63. The maximum absolute atomic E-state index is 13.3. The lowest BCUT2D eigenvalue weighted by atomic mass is 9.77. The number of allylic oxidation sites excluding steroid dienone is 1. The summed E-state index contributed by atoms with van der Waals surface area (Å²) in [6.07, 6.45) is 2.28. The predicted molar refractivity (Wildman–Crippen MR) is 153 cm³/mol. The molecule has 2 N–H and O–H groups in total. The van der Waals surface area contributed by atoms with Gasteiger partial charge in [-0.05, 0) is 58.5 Å². The maximum Gasteiger partial charge on any atom is 0.258 e. The van der Waals surface area contributed by atoms with Gasteiger partial charge in [-0.2, -0.15) is 0 Å². The van der Waals surface area contributed by atoms with Gasteiger partial charge in [0, 0.05) is 29.8 Å². The number of amides is 1. The number of hydrogen-bond acceptors (Lipinski definition) is 5. The topological polar surface area (TPSA) is 76.7 Å². The van der Waals surface area contributed by atoms with E-state index in [-0.39, 0.29) is 24.3 Å². The number of carbonyl (C=O) groups is 2. The monoisotopic (exact) mass is 518 g/mol. The maximum atomic E-state index is 13.3. The second-order valence-corrected chi connectivity index (χ2v) is 9.92. The summed E-state index contributed by atoms with van der Waals surface area (Å²) in [5.74, 6) is 0.953. The number of nitrogens with one attached hydrogen (secondary N) is 2. The van der Waals surface area contributed by atoms with Crippen molar-refractivity contribution >= 4 is 33.7 Å². The van der Waals surface area contributed by atoms with Crippen molar-refractivity contribution in [2.24, 2.45) is 0 Å². The number of ether oxygens (including phenoxy) is 2. The average molecular weight is 519 g/mol. The van der Waals surface area contributed by atoms with Crippen molar-refractivity contribution in [1.82, 2.24) is 5.32 Å². The highest BCUT2D eigenvalue weighted by molar-refractivity contribution is 6.12. The smallest absolute Gasteiger partial charge is 0.258 e. The first kappa shape index (κ1) is 24.7. The Balaban J connectivity index is 1.26. The largest absolute Gasteiger partial charge is 0.493 e. The Kier molecular flexibility index (Phi) is 6.76. The van der Waals surface area contributed by atoms with Crippen molar-refractivity contribution in [1.29, 1.82) is 0 Å². The Morgan fingerprint density at radius 1 is 0.949 bits per heavy atom. The normalized spacial score (nSPS) is 16.2. The van der Waals surface area contributed by atoms with Gasteiger partial charge in [0.05, 0.1) is 13.2 Å². The molecule has 196 valence electrons. The number of methoxy groups -OCH3 is 1. The van der Waals surface area contributed by atoms with Crippen LogP contribution in [-0.2, 0) is 16.1 Å². The van der Waals surface area contributed by atoms with Crippen molar-refractivity contribution in [3.63, 3.8) is 0 Å². The highest BCUT2D eigenvalue weighted by atomic mass is 16.5. The molecule has 1 amide bonds. The van der Waals surface area contributed by atoms with Crippen molar-refractivity contribution in [2.45, 2.75) is 31.8 Å². The zero-order valence-corrected chi connectivity index (χ0v) is 21.8. The van der Waals surface area contributed by atoms with E-state index in [1.165, 1.54) is 0 Å². The van der Waals surface area contributed by atoms with E-state index in [2.05, 4.69) is 34.9 Å². The summed E-state index contributed by atoms with van der Waals surface area (Å²) in [7, 11) is 1.58. The molecule has 0 aromatic heterocycles.